The quantitative estimate of drug-likeness (QED) is 0.490. The van der Waals surface area contributed by atoms with Crippen LogP contribution in [0.3, 0.4) is 0 Å². The Hall–Kier alpha value is -0.690. The number of nitrogens with one attached hydrogen (secondary N) is 1. The van der Waals surface area contributed by atoms with Gasteiger partial charge >= 0.3 is 0 Å². The highest BCUT2D eigenvalue weighted by Crippen LogP contribution is 2.36. The van der Waals surface area contributed by atoms with Crippen LogP contribution in [0.2, 0.25) is 0 Å². The first-order valence-corrected chi connectivity index (χ1v) is 4.87. The van der Waals surface area contributed by atoms with Crippen LogP contribution < -0.4 is 5.32 Å². The topological polar surface area (TPSA) is 88.0 Å². The Morgan fingerprint density at radius 3 is 2.80 bits per heavy atom. The zero-order valence-corrected chi connectivity index (χ0v) is 8.64. The van der Waals surface area contributed by atoms with Crippen molar-refractivity contribution in [3.63, 3.8) is 0 Å². The second kappa shape index (κ2) is 3.41. The Morgan fingerprint density at radius 2 is 2.20 bits per heavy atom. The summed E-state index contributed by atoms with van der Waals surface area (Å²) < 4.78 is 10.7. The standard InChI is InChI=1S/C9H15NO5/c1-4(11)10-5-6(12)7(13)9(2)3-14-8(5)15-9/h5-8,12-13H,3H2,1-2H3,(H,10,11)/t5-,6+,7-,8-,9-/m0/s1. The van der Waals surface area contributed by atoms with Crippen LogP contribution in [0.4, 0.5) is 0 Å². The summed E-state index contributed by atoms with van der Waals surface area (Å²) in [6.45, 7) is 3.22. The lowest BCUT2D eigenvalue weighted by molar-refractivity contribution is -0.218. The molecule has 6 heteroatoms. The molecule has 2 rings (SSSR count). The number of ether oxygens (including phenoxy) is 2. The van der Waals surface area contributed by atoms with Gasteiger partial charge in [-0.05, 0) is 6.92 Å². The van der Waals surface area contributed by atoms with Gasteiger partial charge in [-0.15, -0.1) is 0 Å². The minimum Gasteiger partial charge on any atom is -0.388 e. The Kier molecular flexibility index (Phi) is 2.46. The molecule has 86 valence electrons. The molecule has 0 radical (unpaired) electrons. The molecule has 6 nitrogen and oxygen atoms in total. The molecule has 2 aliphatic heterocycles. The van der Waals surface area contributed by atoms with Crippen LogP contribution in [0.15, 0.2) is 0 Å². The second-order valence-electron chi connectivity index (χ2n) is 4.27. The van der Waals surface area contributed by atoms with Crippen molar-refractivity contribution >= 4 is 5.91 Å². The summed E-state index contributed by atoms with van der Waals surface area (Å²) in [6, 6.07) is -0.715. The molecule has 0 unspecified atom stereocenters. The number of fused-ring (bicyclic) bond motifs is 2. The number of hydrogen-bond donors (Lipinski definition) is 3. The van der Waals surface area contributed by atoms with E-state index in [0.717, 1.165) is 0 Å². The van der Waals surface area contributed by atoms with Crippen molar-refractivity contribution < 1.29 is 24.5 Å². The molecule has 0 spiro atoms. The van der Waals surface area contributed by atoms with Crippen molar-refractivity contribution in [3.8, 4) is 0 Å². The SMILES string of the molecule is CC(=O)N[C@@H]1[C@H]2OC[C@](C)(O2)[C@@H](O)[C@@H]1O. The molecule has 0 saturated carbocycles. The maximum atomic E-state index is 10.9. The third-order valence-corrected chi connectivity index (χ3v) is 2.90. The molecule has 2 saturated heterocycles. The smallest absolute Gasteiger partial charge is 0.217 e. The van der Waals surface area contributed by atoms with Gasteiger partial charge in [0, 0.05) is 6.92 Å². The first kappa shape index (κ1) is 10.8. The van der Waals surface area contributed by atoms with Gasteiger partial charge < -0.3 is 25.0 Å². The number of aliphatic hydroxyl groups is 2. The maximum Gasteiger partial charge on any atom is 0.217 e. The lowest BCUT2D eigenvalue weighted by Gasteiger charge is -2.40. The van der Waals surface area contributed by atoms with Crippen molar-refractivity contribution in [1.29, 1.82) is 0 Å². The molecule has 3 N–H and O–H groups in total. The van der Waals surface area contributed by atoms with Gasteiger partial charge in [0.1, 0.15) is 23.9 Å². The molecule has 2 bridgehead atoms. The first-order chi connectivity index (χ1) is 6.94. The predicted octanol–water partition coefficient (Wildman–Crippen LogP) is -1.64. The summed E-state index contributed by atoms with van der Waals surface area (Å²) in [5.74, 6) is -0.297. The minimum absolute atomic E-state index is 0.214. The molecule has 5 atom stereocenters. The third kappa shape index (κ3) is 1.63. The normalized spacial score (nSPS) is 49.1. The number of carbonyl (C=O) groups excluding carboxylic acids is 1. The fraction of sp³-hybridized carbons (Fsp3) is 0.889. The molecule has 0 aromatic heterocycles. The summed E-state index contributed by atoms with van der Waals surface area (Å²) in [6.07, 6.45) is -2.81. The van der Waals surface area contributed by atoms with Gasteiger partial charge in [0.2, 0.25) is 5.91 Å². The predicted molar refractivity (Wildman–Crippen MR) is 48.8 cm³/mol. The van der Waals surface area contributed by atoms with Crippen LogP contribution in [0.1, 0.15) is 13.8 Å². The van der Waals surface area contributed by atoms with Crippen LogP contribution in [-0.2, 0) is 14.3 Å². The molecule has 0 aliphatic carbocycles. The van der Waals surface area contributed by atoms with Gasteiger partial charge in [-0.25, -0.2) is 0 Å². The van der Waals surface area contributed by atoms with E-state index in [2.05, 4.69) is 5.32 Å². The van der Waals surface area contributed by atoms with E-state index in [1.54, 1.807) is 6.92 Å². The second-order valence-corrected chi connectivity index (χ2v) is 4.27. The van der Waals surface area contributed by atoms with Crippen LogP contribution in [0.5, 0.6) is 0 Å². The van der Waals surface area contributed by atoms with Crippen molar-refractivity contribution in [2.45, 2.75) is 44.0 Å². The highest BCUT2D eigenvalue weighted by Gasteiger charge is 2.56. The average molecular weight is 217 g/mol. The molecule has 2 heterocycles. The lowest BCUT2D eigenvalue weighted by Crippen LogP contribution is -2.64. The number of amides is 1. The van der Waals surface area contributed by atoms with Crippen molar-refractivity contribution in [1.82, 2.24) is 5.32 Å². The van der Waals surface area contributed by atoms with Crippen LogP contribution in [0.25, 0.3) is 0 Å². The summed E-state index contributed by atoms with van der Waals surface area (Å²) >= 11 is 0. The maximum absolute atomic E-state index is 10.9. The average Bonchev–Trinajstić information content (AvgIpc) is 2.52. The minimum atomic E-state index is -1.07. The molecular formula is C9H15NO5. The highest BCUT2D eigenvalue weighted by molar-refractivity contribution is 5.73. The Bertz CT molecular complexity index is 284. The van der Waals surface area contributed by atoms with Crippen molar-refractivity contribution in [3.05, 3.63) is 0 Å². The number of hydrogen-bond acceptors (Lipinski definition) is 5. The zero-order chi connectivity index (χ0) is 11.2. The number of rotatable bonds is 1. The number of carbonyl (C=O) groups is 1. The van der Waals surface area contributed by atoms with Crippen LogP contribution in [0, 0.1) is 0 Å². The molecule has 1 amide bonds. The van der Waals surface area contributed by atoms with E-state index in [1.165, 1.54) is 6.92 Å². The van der Waals surface area contributed by atoms with Gasteiger partial charge in [-0.1, -0.05) is 0 Å². The molecule has 15 heavy (non-hydrogen) atoms. The third-order valence-electron chi connectivity index (χ3n) is 2.90. The molecular weight excluding hydrogens is 202 g/mol. The molecule has 2 aliphatic rings. The highest BCUT2D eigenvalue weighted by atomic mass is 16.7. The summed E-state index contributed by atoms with van der Waals surface area (Å²) in [7, 11) is 0. The van der Waals surface area contributed by atoms with Gasteiger partial charge in [0.05, 0.1) is 6.61 Å². The summed E-state index contributed by atoms with van der Waals surface area (Å²) in [5.41, 5.74) is -0.876. The first-order valence-electron chi connectivity index (χ1n) is 4.87. The summed E-state index contributed by atoms with van der Waals surface area (Å²) in [4.78, 5) is 10.9. The van der Waals surface area contributed by atoms with Crippen molar-refractivity contribution in [2.75, 3.05) is 6.61 Å². The largest absolute Gasteiger partial charge is 0.388 e. The summed E-state index contributed by atoms with van der Waals surface area (Å²) in [5, 5.41) is 22.1. The van der Waals surface area contributed by atoms with Gasteiger partial charge in [-0.3, -0.25) is 4.79 Å². The van der Waals surface area contributed by atoms with Crippen LogP contribution in [-0.4, -0.2) is 52.9 Å². The van der Waals surface area contributed by atoms with E-state index < -0.39 is 30.1 Å². The number of aliphatic hydroxyl groups excluding tert-OH is 2. The molecule has 2 fully saturated rings. The van der Waals surface area contributed by atoms with E-state index in [4.69, 9.17) is 9.47 Å². The lowest BCUT2D eigenvalue weighted by atomic mass is 9.89. The van der Waals surface area contributed by atoms with Crippen LogP contribution >= 0.6 is 0 Å². The van der Waals surface area contributed by atoms with Crippen molar-refractivity contribution in [2.24, 2.45) is 0 Å². The fourth-order valence-corrected chi connectivity index (χ4v) is 2.02. The zero-order valence-electron chi connectivity index (χ0n) is 8.64. The Balaban J connectivity index is 2.17. The van der Waals surface area contributed by atoms with Gasteiger partial charge in [0.15, 0.2) is 6.29 Å². The molecule has 0 aromatic carbocycles. The Morgan fingerprint density at radius 1 is 1.53 bits per heavy atom. The van der Waals surface area contributed by atoms with E-state index >= 15 is 0 Å². The van der Waals surface area contributed by atoms with Gasteiger partial charge in [0.25, 0.3) is 0 Å². The van der Waals surface area contributed by atoms with Gasteiger partial charge in [-0.2, -0.15) is 0 Å². The van der Waals surface area contributed by atoms with E-state index in [9.17, 15) is 15.0 Å². The monoisotopic (exact) mass is 217 g/mol. The fourth-order valence-electron chi connectivity index (χ4n) is 2.02. The molecule has 0 aromatic rings. The van der Waals surface area contributed by atoms with E-state index in [-0.39, 0.29) is 12.5 Å². The Labute approximate surface area is 87.2 Å². The van der Waals surface area contributed by atoms with E-state index in [0.29, 0.717) is 0 Å². The van der Waals surface area contributed by atoms with E-state index in [1.807, 2.05) is 0 Å².